The summed E-state index contributed by atoms with van der Waals surface area (Å²) in [5.41, 5.74) is 4.07. The molecule has 0 aliphatic rings. The van der Waals surface area contributed by atoms with Crippen molar-refractivity contribution >= 4 is 15.9 Å². The van der Waals surface area contributed by atoms with E-state index in [2.05, 4.69) is 40.1 Å². The first-order valence-corrected chi connectivity index (χ1v) is 7.42. The quantitative estimate of drug-likeness (QED) is 0.311. The minimum Gasteiger partial charge on any atom is -0.496 e. The van der Waals surface area contributed by atoms with Crippen LogP contribution >= 0.6 is 15.9 Å². The van der Waals surface area contributed by atoms with Crippen molar-refractivity contribution in [3.8, 4) is 5.75 Å². The van der Waals surface area contributed by atoms with E-state index in [0.717, 1.165) is 29.5 Å². The molecule has 0 radical (unpaired) electrons. The van der Waals surface area contributed by atoms with Crippen molar-refractivity contribution in [2.75, 3.05) is 7.11 Å². The van der Waals surface area contributed by atoms with Gasteiger partial charge in [0.15, 0.2) is 0 Å². The lowest BCUT2D eigenvalue weighted by molar-refractivity contribution is 0.411. The number of hydrogen-bond donors (Lipinski definition) is 2. The normalized spacial score (nSPS) is 12.2. The molecule has 0 aliphatic heterocycles. The highest BCUT2D eigenvalue weighted by molar-refractivity contribution is 9.10. The van der Waals surface area contributed by atoms with Gasteiger partial charge in [-0.3, -0.25) is 11.3 Å². The van der Waals surface area contributed by atoms with Crippen molar-refractivity contribution in [3.05, 3.63) is 40.9 Å². The summed E-state index contributed by atoms with van der Waals surface area (Å²) in [6.45, 7) is 3.73. The van der Waals surface area contributed by atoms with Crippen LogP contribution in [0.3, 0.4) is 0 Å². The molecule has 0 bridgehead atoms. The Balaban J connectivity index is 2.54. The molecular formula is C15H23BrN2O. The third-order valence-electron chi connectivity index (χ3n) is 3.18. The van der Waals surface area contributed by atoms with Gasteiger partial charge in [-0.15, -0.1) is 6.58 Å². The van der Waals surface area contributed by atoms with Crippen LogP contribution in [0.15, 0.2) is 35.3 Å². The maximum atomic E-state index is 5.65. The summed E-state index contributed by atoms with van der Waals surface area (Å²) in [6.07, 6.45) is 7.67. The van der Waals surface area contributed by atoms with Gasteiger partial charge < -0.3 is 4.74 Å². The van der Waals surface area contributed by atoms with Crippen LogP contribution in [-0.2, 0) is 0 Å². The highest BCUT2D eigenvalue weighted by Crippen LogP contribution is 2.29. The Hall–Kier alpha value is -0.840. The van der Waals surface area contributed by atoms with Crippen molar-refractivity contribution in [2.24, 2.45) is 5.84 Å². The van der Waals surface area contributed by atoms with Gasteiger partial charge in [-0.05, 0) is 52.9 Å². The monoisotopic (exact) mass is 326 g/mol. The number of hydrogen-bond acceptors (Lipinski definition) is 3. The summed E-state index contributed by atoms with van der Waals surface area (Å²) in [5, 5.41) is 0. The summed E-state index contributed by atoms with van der Waals surface area (Å²) < 4.78 is 6.19. The van der Waals surface area contributed by atoms with Crippen LogP contribution in [-0.4, -0.2) is 7.11 Å². The molecule has 0 spiro atoms. The zero-order chi connectivity index (χ0) is 14.1. The van der Waals surface area contributed by atoms with Crippen molar-refractivity contribution < 1.29 is 4.74 Å². The van der Waals surface area contributed by atoms with Crippen molar-refractivity contribution in [1.82, 2.24) is 5.43 Å². The van der Waals surface area contributed by atoms with Gasteiger partial charge in [-0.2, -0.15) is 0 Å². The Morgan fingerprint density at radius 3 is 2.79 bits per heavy atom. The van der Waals surface area contributed by atoms with E-state index >= 15 is 0 Å². The maximum absolute atomic E-state index is 5.65. The number of hydrazine groups is 1. The van der Waals surface area contributed by atoms with Gasteiger partial charge in [0.05, 0.1) is 11.6 Å². The van der Waals surface area contributed by atoms with Crippen molar-refractivity contribution in [1.29, 1.82) is 0 Å². The van der Waals surface area contributed by atoms with E-state index in [0.29, 0.717) is 0 Å². The van der Waals surface area contributed by atoms with Gasteiger partial charge in [-0.1, -0.05) is 25.0 Å². The first-order valence-electron chi connectivity index (χ1n) is 6.63. The molecule has 3 nitrogen and oxygen atoms in total. The maximum Gasteiger partial charge on any atom is 0.133 e. The summed E-state index contributed by atoms with van der Waals surface area (Å²) in [4.78, 5) is 0. The fraction of sp³-hybridized carbons (Fsp3) is 0.467. The van der Waals surface area contributed by atoms with E-state index in [9.17, 15) is 0 Å². The van der Waals surface area contributed by atoms with Gasteiger partial charge in [0, 0.05) is 6.04 Å². The Kier molecular flexibility index (Phi) is 7.79. The summed E-state index contributed by atoms with van der Waals surface area (Å²) in [6, 6.07) is 6.26. The van der Waals surface area contributed by atoms with E-state index in [-0.39, 0.29) is 6.04 Å². The van der Waals surface area contributed by atoms with Crippen molar-refractivity contribution in [2.45, 2.75) is 38.1 Å². The minimum atomic E-state index is 0.186. The molecule has 0 saturated carbocycles. The van der Waals surface area contributed by atoms with Gasteiger partial charge in [-0.25, -0.2) is 0 Å². The average molecular weight is 327 g/mol. The summed E-state index contributed by atoms with van der Waals surface area (Å²) in [7, 11) is 1.66. The predicted octanol–water partition coefficient (Wildman–Crippen LogP) is 4.10. The number of halogens is 1. The second-order valence-electron chi connectivity index (χ2n) is 4.54. The van der Waals surface area contributed by atoms with Crippen LogP contribution in [0.4, 0.5) is 0 Å². The molecule has 0 heterocycles. The molecule has 1 aromatic rings. The second kappa shape index (κ2) is 9.13. The van der Waals surface area contributed by atoms with Crippen LogP contribution in [0.2, 0.25) is 0 Å². The van der Waals surface area contributed by atoms with E-state index in [4.69, 9.17) is 10.6 Å². The Morgan fingerprint density at radius 1 is 1.42 bits per heavy atom. The van der Waals surface area contributed by atoms with E-state index in [1.165, 1.54) is 18.4 Å². The molecule has 0 amide bonds. The Morgan fingerprint density at radius 2 is 2.21 bits per heavy atom. The molecule has 1 atom stereocenters. The fourth-order valence-electron chi connectivity index (χ4n) is 2.06. The fourth-order valence-corrected chi connectivity index (χ4v) is 2.62. The lowest BCUT2D eigenvalue weighted by atomic mass is 10.0. The van der Waals surface area contributed by atoms with E-state index in [1.54, 1.807) is 7.11 Å². The molecule has 1 rings (SSSR count). The SMILES string of the molecule is C=CCCCCCC(NN)c1ccc(OC)c(Br)c1. The molecule has 4 heteroatoms. The minimum absolute atomic E-state index is 0.186. The van der Waals surface area contributed by atoms with Gasteiger partial charge >= 0.3 is 0 Å². The molecule has 106 valence electrons. The molecule has 0 aliphatic carbocycles. The topological polar surface area (TPSA) is 47.3 Å². The lowest BCUT2D eigenvalue weighted by Crippen LogP contribution is -2.28. The molecule has 1 unspecified atom stereocenters. The molecular weight excluding hydrogens is 304 g/mol. The number of unbranched alkanes of at least 4 members (excludes halogenated alkanes) is 3. The van der Waals surface area contributed by atoms with Crippen LogP contribution < -0.4 is 16.0 Å². The standard InChI is InChI=1S/C15H23BrN2O/c1-3-4-5-6-7-8-14(18-17)12-9-10-15(19-2)13(16)11-12/h3,9-11,14,18H,1,4-8,17H2,2H3. The predicted molar refractivity (Wildman–Crippen MR) is 84.0 cm³/mol. The molecule has 0 fully saturated rings. The van der Waals surface area contributed by atoms with Gasteiger partial charge in [0.25, 0.3) is 0 Å². The molecule has 19 heavy (non-hydrogen) atoms. The van der Waals surface area contributed by atoms with Gasteiger partial charge in [0.2, 0.25) is 0 Å². The zero-order valence-electron chi connectivity index (χ0n) is 11.5. The number of nitrogens with one attached hydrogen (secondary N) is 1. The van der Waals surface area contributed by atoms with E-state index in [1.807, 2.05) is 12.1 Å². The third-order valence-corrected chi connectivity index (χ3v) is 3.80. The average Bonchev–Trinajstić information content (AvgIpc) is 2.43. The van der Waals surface area contributed by atoms with E-state index < -0.39 is 0 Å². The molecule has 0 saturated heterocycles. The molecule has 3 N–H and O–H groups in total. The number of allylic oxidation sites excluding steroid dienone is 1. The van der Waals surface area contributed by atoms with Crippen LogP contribution in [0.5, 0.6) is 5.75 Å². The summed E-state index contributed by atoms with van der Waals surface area (Å²) >= 11 is 3.50. The molecule has 0 aromatic heterocycles. The van der Waals surface area contributed by atoms with Crippen LogP contribution in [0.25, 0.3) is 0 Å². The number of ether oxygens (including phenoxy) is 1. The van der Waals surface area contributed by atoms with Crippen molar-refractivity contribution in [3.63, 3.8) is 0 Å². The largest absolute Gasteiger partial charge is 0.496 e. The van der Waals surface area contributed by atoms with Crippen LogP contribution in [0, 0.1) is 0 Å². The summed E-state index contributed by atoms with van der Waals surface area (Å²) in [5.74, 6) is 6.49. The molecule has 1 aromatic carbocycles. The first-order chi connectivity index (χ1) is 9.22. The second-order valence-corrected chi connectivity index (χ2v) is 5.39. The highest BCUT2D eigenvalue weighted by Gasteiger charge is 2.11. The Bertz CT molecular complexity index is 396. The lowest BCUT2D eigenvalue weighted by Gasteiger charge is -2.17. The number of benzene rings is 1. The number of nitrogens with two attached hydrogens (primary N) is 1. The Labute approximate surface area is 124 Å². The highest BCUT2D eigenvalue weighted by atomic mass is 79.9. The van der Waals surface area contributed by atoms with Crippen LogP contribution in [0.1, 0.15) is 43.7 Å². The smallest absolute Gasteiger partial charge is 0.133 e. The van der Waals surface area contributed by atoms with Gasteiger partial charge in [0.1, 0.15) is 5.75 Å². The zero-order valence-corrected chi connectivity index (χ0v) is 13.1. The third kappa shape index (κ3) is 5.35. The number of rotatable bonds is 9. The first kappa shape index (κ1) is 16.2. The number of methoxy groups -OCH3 is 1.